The molecule has 1 aromatic rings. The highest BCUT2D eigenvalue weighted by Gasteiger charge is 2.28. The van der Waals surface area contributed by atoms with Crippen LogP contribution in [-0.4, -0.2) is 44.3 Å². The zero-order valence-electron chi connectivity index (χ0n) is 12.1. The highest BCUT2D eigenvalue weighted by atomic mass is 35.5. The number of hydrogen-bond donors (Lipinski definition) is 4. The minimum atomic E-state index is -1.55. The van der Waals surface area contributed by atoms with Crippen LogP contribution in [0.4, 0.5) is 0 Å². The first kappa shape index (κ1) is 23.3. The lowest BCUT2D eigenvalue weighted by molar-refractivity contribution is -0.138. The summed E-state index contributed by atoms with van der Waals surface area (Å²) in [5.41, 5.74) is -1.37. The topological polar surface area (TPSA) is 149 Å². The predicted octanol–water partition coefficient (Wildman–Crippen LogP) is 4.02. The fraction of sp³-hybridized carbons (Fsp3) is 0.231. The third-order valence-electron chi connectivity index (χ3n) is 2.48. The Hall–Kier alpha value is -1.74. The molecule has 0 saturated heterocycles. The van der Waals surface area contributed by atoms with Crippen molar-refractivity contribution in [3.05, 3.63) is 31.2 Å². The van der Waals surface area contributed by atoms with Gasteiger partial charge in [0.2, 0.25) is 0 Å². The van der Waals surface area contributed by atoms with Crippen molar-refractivity contribution in [3.63, 3.8) is 0 Å². The molecule has 0 aliphatic rings. The number of aliphatic carboxylic acids is 2. The van der Waals surface area contributed by atoms with Gasteiger partial charge >= 0.3 is 23.9 Å². The van der Waals surface area contributed by atoms with Gasteiger partial charge in [-0.2, -0.15) is 0 Å². The van der Waals surface area contributed by atoms with Gasteiger partial charge in [0.15, 0.2) is 0 Å². The van der Waals surface area contributed by atoms with Crippen LogP contribution in [0, 0.1) is 0 Å². The van der Waals surface area contributed by atoms with Crippen LogP contribution in [0.1, 0.15) is 40.0 Å². The highest BCUT2D eigenvalue weighted by molar-refractivity contribution is 6.53. The maximum atomic E-state index is 10.9. The molecular formula is C13H10Cl4O8. The zero-order valence-corrected chi connectivity index (χ0v) is 15.1. The first-order valence-corrected chi connectivity index (χ1v) is 7.69. The number of hydrogen-bond acceptors (Lipinski definition) is 4. The molecule has 0 fully saturated rings. The monoisotopic (exact) mass is 434 g/mol. The molecule has 0 spiro atoms. The van der Waals surface area contributed by atoms with Crippen LogP contribution in [0.2, 0.25) is 20.1 Å². The van der Waals surface area contributed by atoms with E-state index in [0.29, 0.717) is 0 Å². The van der Waals surface area contributed by atoms with Crippen molar-refractivity contribution < 1.29 is 39.6 Å². The first-order chi connectivity index (χ1) is 11.4. The molecule has 0 unspecified atom stereocenters. The van der Waals surface area contributed by atoms with Gasteiger partial charge in [-0.3, -0.25) is 9.59 Å². The second-order valence-electron chi connectivity index (χ2n) is 4.26. The number of rotatable bonds is 6. The minimum Gasteiger partial charge on any atom is -0.481 e. The summed E-state index contributed by atoms with van der Waals surface area (Å²) in [6.07, 6.45) is 0.0866. The van der Waals surface area contributed by atoms with E-state index in [1.807, 2.05) is 0 Å². The second-order valence-corrected chi connectivity index (χ2v) is 5.77. The normalized spacial score (nSPS) is 9.76. The summed E-state index contributed by atoms with van der Waals surface area (Å²) in [5, 5.41) is 32.2. The molecule has 25 heavy (non-hydrogen) atoms. The lowest BCUT2D eigenvalue weighted by Crippen LogP contribution is -2.10. The van der Waals surface area contributed by atoms with E-state index in [-0.39, 0.29) is 29.3 Å². The van der Waals surface area contributed by atoms with Crippen LogP contribution in [0.25, 0.3) is 0 Å². The Kier molecular flexibility index (Phi) is 9.58. The van der Waals surface area contributed by atoms with E-state index in [4.69, 9.17) is 66.8 Å². The van der Waals surface area contributed by atoms with Crippen LogP contribution in [0.15, 0.2) is 0 Å². The van der Waals surface area contributed by atoms with Gasteiger partial charge in [-0.15, -0.1) is 0 Å². The molecule has 0 bridgehead atoms. The molecule has 0 radical (unpaired) electrons. The van der Waals surface area contributed by atoms with Crippen molar-refractivity contribution in [2.45, 2.75) is 19.3 Å². The molecule has 0 heterocycles. The van der Waals surface area contributed by atoms with Gasteiger partial charge in [0.25, 0.3) is 0 Å². The van der Waals surface area contributed by atoms with E-state index >= 15 is 0 Å². The highest BCUT2D eigenvalue weighted by Crippen LogP contribution is 2.41. The largest absolute Gasteiger partial charge is 0.481 e. The third kappa shape index (κ3) is 6.95. The summed E-state index contributed by atoms with van der Waals surface area (Å²) in [4.78, 5) is 41.3. The van der Waals surface area contributed by atoms with Crippen molar-refractivity contribution in [1.29, 1.82) is 0 Å². The van der Waals surface area contributed by atoms with Gasteiger partial charge in [0.05, 0.1) is 31.2 Å². The molecule has 8 nitrogen and oxygen atoms in total. The average molecular weight is 436 g/mol. The molecule has 12 heteroatoms. The fourth-order valence-electron chi connectivity index (χ4n) is 1.42. The van der Waals surface area contributed by atoms with Crippen LogP contribution in [0.3, 0.4) is 0 Å². The van der Waals surface area contributed by atoms with Crippen molar-refractivity contribution in [2.24, 2.45) is 0 Å². The van der Waals surface area contributed by atoms with Gasteiger partial charge in [0, 0.05) is 12.8 Å². The molecule has 1 rings (SSSR count). The second kappa shape index (κ2) is 10.3. The molecule has 0 amide bonds. The molecule has 0 saturated carbocycles. The number of aromatic carboxylic acids is 2. The van der Waals surface area contributed by atoms with Crippen LogP contribution in [0.5, 0.6) is 0 Å². The van der Waals surface area contributed by atoms with E-state index in [2.05, 4.69) is 0 Å². The number of carboxylic acid groups (broad SMARTS) is 4. The Morgan fingerprint density at radius 3 is 1.08 bits per heavy atom. The maximum absolute atomic E-state index is 10.9. The van der Waals surface area contributed by atoms with Gasteiger partial charge in [-0.25, -0.2) is 9.59 Å². The van der Waals surface area contributed by atoms with Crippen molar-refractivity contribution in [3.8, 4) is 0 Å². The molecule has 138 valence electrons. The quantitative estimate of drug-likeness (QED) is 0.386. The molecule has 4 N–H and O–H groups in total. The molecule has 1 aromatic carbocycles. The molecule has 0 aliphatic carbocycles. The van der Waals surface area contributed by atoms with Crippen molar-refractivity contribution in [2.75, 3.05) is 0 Å². The van der Waals surface area contributed by atoms with Crippen molar-refractivity contribution >= 4 is 70.3 Å². The zero-order chi connectivity index (χ0) is 19.9. The van der Waals surface area contributed by atoms with Gasteiger partial charge in [-0.1, -0.05) is 46.4 Å². The Morgan fingerprint density at radius 2 is 0.880 bits per heavy atom. The molecule has 0 atom stereocenters. The Labute approximate surface area is 160 Å². The average Bonchev–Trinajstić information content (AvgIpc) is 2.47. The lowest BCUT2D eigenvalue weighted by Gasteiger charge is -2.10. The number of carboxylic acids is 4. The maximum Gasteiger partial charge on any atom is 0.338 e. The van der Waals surface area contributed by atoms with Crippen LogP contribution in [-0.2, 0) is 9.59 Å². The summed E-state index contributed by atoms with van der Waals surface area (Å²) < 4.78 is 0. The van der Waals surface area contributed by atoms with Crippen LogP contribution >= 0.6 is 46.4 Å². The molecule has 0 aliphatic heterocycles. The van der Waals surface area contributed by atoms with Crippen LogP contribution < -0.4 is 0 Å². The van der Waals surface area contributed by atoms with E-state index < -0.39 is 45.0 Å². The van der Waals surface area contributed by atoms with E-state index in [1.54, 1.807) is 0 Å². The smallest absolute Gasteiger partial charge is 0.338 e. The van der Waals surface area contributed by atoms with Gasteiger partial charge in [0.1, 0.15) is 0 Å². The number of benzene rings is 1. The third-order valence-corrected chi connectivity index (χ3v) is 4.28. The van der Waals surface area contributed by atoms with Gasteiger partial charge in [-0.05, 0) is 6.42 Å². The van der Waals surface area contributed by atoms with Gasteiger partial charge < -0.3 is 20.4 Å². The summed E-state index contributed by atoms with van der Waals surface area (Å²) in [5.74, 6) is -5.00. The molecular weight excluding hydrogens is 426 g/mol. The first-order valence-electron chi connectivity index (χ1n) is 6.17. The molecule has 0 aromatic heterocycles. The van der Waals surface area contributed by atoms with E-state index in [1.165, 1.54) is 0 Å². The Bertz CT molecular complexity index is 658. The standard InChI is InChI=1S/C8H2Cl4O4.C5H8O4/c9-3-1(7(13)14)2(8(15)16)4(10)6(12)5(3)11;6-4(7)2-1-3-5(8)9/h(H,13,14)(H,15,16);1-3H2,(H,6,7)(H,8,9). The minimum absolute atomic E-state index is 0.0632. The summed E-state index contributed by atoms with van der Waals surface area (Å²) in [7, 11) is 0. The van der Waals surface area contributed by atoms with E-state index in [0.717, 1.165) is 0 Å². The SMILES string of the molecule is O=C(O)CCCC(=O)O.O=C(O)c1c(Cl)c(Cl)c(Cl)c(Cl)c1C(=O)O. The predicted molar refractivity (Wildman–Crippen MR) is 89.5 cm³/mol. The summed E-state index contributed by atoms with van der Waals surface area (Å²) >= 11 is 22.4. The fourth-order valence-corrected chi connectivity index (χ4v) is 2.44. The van der Waals surface area contributed by atoms with E-state index in [9.17, 15) is 19.2 Å². The van der Waals surface area contributed by atoms with Crippen molar-refractivity contribution in [1.82, 2.24) is 0 Å². The number of carbonyl (C=O) groups is 4. The Morgan fingerprint density at radius 1 is 0.600 bits per heavy atom. The summed E-state index contributed by atoms with van der Waals surface area (Å²) in [6.45, 7) is 0. The summed E-state index contributed by atoms with van der Waals surface area (Å²) in [6, 6.07) is 0. The number of halogens is 4. The lowest BCUT2D eigenvalue weighted by atomic mass is 10.1. The Balaban J connectivity index is 0.000000547.